The summed E-state index contributed by atoms with van der Waals surface area (Å²) in [6.07, 6.45) is 7.44. The Morgan fingerprint density at radius 2 is 1.78 bits per heavy atom. The number of ether oxygens (including phenoxy) is 2. The van der Waals surface area contributed by atoms with E-state index >= 15 is 0 Å². The van der Waals surface area contributed by atoms with Gasteiger partial charge in [-0.05, 0) is 19.1 Å². The maximum Gasteiger partial charge on any atom is 0.387 e. The van der Waals surface area contributed by atoms with Gasteiger partial charge in [-0.1, -0.05) is 11.6 Å². The average molecular weight is 517 g/mol. The summed E-state index contributed by atoms with van der Waals surface area (Å²) in [6, 6.07) is 3.98. The summed E-state index contributed by atoms with van der Waals surface area (Å²) >= 11 is 6.68. The summed E-state index contributed by atoms with van der Waals surface area (Å²) in [5, 5.41) is 10.4. The molecule has 2 aliphatic rings. The zero-order chi connectivity index (χ0) is 24.9. The number of anilines is 1. The van der Waals surface area contributed by atoms with E-state index in [9.17, 15) is 8.78 Å². The highest BCUT2D eigenvalue weighted by Crippen LogP contribution is 2.34. The quantitative estimate of drug-likeness (QED) is 0.386. The van der Waals surface area contributed by atoms with Gasteiger partial charge in [-0.15, -0.1) is 0 Å². The van der Waals surface area contributed by atoms with E-state index in [2.05, 4.69) is 47.7 Å². The lowest BCUT2D eigenvalue weighted by molar-refractivity contribution is -0.131. The molecule has 0 aliphatic carbocycles. The molecule has 2 fully saturated rings. The van der Waals surface area contributed by atoms with Crippen molar-refractivity contribution in [3.63, 3.8) is 0 Å². The molecule has 0 bridgehead atoms. The van der Waals surface area contributed by atoms with Gasteiger partial charge < -0.3 is 14.4 Å². The Kier molecular flexibility index (Phi) is 5.73. The molecule has 3 aromatic heterocycles. The van der Waals surface area contributed by atoms with Crippen LogP contribution < -0.4 is 9.64 Å². The van der Waals surface area contributed by atoms with Crippen LogP contribution in [0, 0.1) is 0 Å². The van der Waals surface area contributed by atoms with Crippen LogP contribution >= 0.6 is 11.6 Å². The number of aromatic nitrogens is 6. The highest BCUT2D eigenvalue weighted by Gasteiger charge is 2.40. The van der Waals surface area contributed by atoms with Crippen LogP contribution in [0.4, 0.5) is 14.5 Å². The Morgan fingerprint density at radius 1 is 1.03 bits per heavy atom. The first-order valence-electron chi connectivity index (χ1n) is 11.5. The molecule has 0 amide bonds. The highest BCUT2D eigenvalue weighted by molar-refractivity contribution is 6.34. The summed E-state index contributed by atoms with van der Waals surface area (Å²) in [4.78, 5) is 12.9. The minimum absolute atomic E-state index is 0.125. The Labute approximate surface area is 210 Å². The van der Waals surface area contributed by atoms with E-state index in [1.807, 2.05) is 6.07 Å². The van der Waals surface area contributed by atoms with Crippen molar-refractivity contribution in [3.05, 3.63) is 48.1 Å². The van der Waals surface area contributed by atoms with Crippen LogP contribution in [0.1, 0.15) is 6.92 Å². The summed E-state index contributed by atoms with van der Waals surface area (Å²) < 4.78 is 37.7. The van der Waals surface area contributed by atoms with Crippen LogP contribution in [0.5, 0.6) is 5.75 Å². The van der Waals surface area contributed by atoms with Crippen molar-refractivity contribution in [2.45, 2.75) is 19.1 Å². The van der Waals surface area contributed by atoms with Crippen LogP contribution in [0.3, 0.4) is 0 Å². The largest absolute Gasteiger partial charge is 0.432 e. The van der Waals surface area contributed by atoms with Gasteiger partial charge in [-0.3, -0.25) is 4.90 Å². The van der Waals surface area contributed by atoms with Gasteiger partial charge in [0.15, 0.2) is 5.75 Å². The normalized spacial score (nSPS) is 18.1. The maximum atomic E-state index is 12.4. The number of rotatable bonds is 6. The van der Waals surface area contributed by atoms with Gasteiger partial charge >= 0.3 is 6.61 Å². The molecule has 6 rings (SSSR count). The second-order valence-electron chi connectivity index (χ2n) is 9.12. The van der Waals surface area contributed by atoms with Gasteiger partial charge in [0.05, 0.1) is 66.0 Å². The van der Waals surface area contributed by atoms with Crippen LogP contribution in [0.25, 0.3) is 22.5 Å². The second kappa shape index (κ2) is 8.95. The molecule has 0 N–H and O–H groups in total. The van der Waals surface area contributed by atoms with Crippen molar-refractivity contribution in [1.29, 1.82) is 0 Å². The monoisotopic (exact) mass is 516 g/mol. The summed E-state index contributed by atoms with van der Waals surface area (Å²) in [6.45, 7) is 4.51. The molecule has 188 valence electrons. The SMILES string of the molecule is CC1(N2CCN(c3cc4c(cnn4-c4cnn(-c5ncc(OC(F)F)cn5)c4)cc3Cl)CC2)COC1. The number of fused-ring (bicyclic) bond motifs is 1. The number of piperazine rings is 1. The number of halogens is 3. The van der Waals surface area contributed by atoms with E-state index in [-0.39, 0.29) is 17.2 Å². The van der Waals surface area contributed by atoms with E-state index < -0.39 is 6.61 Å². The molecule has 10 nitrogen and oxygen atoms in total. The van der Waals surface area contributed by atoms with Crippen LogP contribution in [0.15, 0.2) is 43.1 Å². The van der Waals surface area contributed by atoms with Crippen molar-refractivity contribution in [1.82, 2.24) is 34.4 Å². The molecule has 0 spiro atoms. The number of alkyl halides is 2. The molecule has 0 unspecified atom stereocenters. The van der Waals surface area contributed by atoms with E-state index in [1.165, 1.54) is 17.1 Å². The second-order valence-corrected chi connectivity index (χ2v) is 9.53. The van der Waals surface area contributed by atoms with Gasteiger partial charge in [0.25, 0.3) is 5.95 Å². The molecule has 2 aliphatic heterocycles. The van der Waals surface area contributed by atoms with Crippen molar-refractivity contribution in [2.24, 2.45) is 0 Å². The molecule has 4 aromatic rings. The minimum Gasteiger partial charge on any atom is -0.432 e. The van der Waals surface area contributed by atoms with Gasteiger partial charge in [0.2, 0.25) is 0 Å². The van der Waals surface area contributed by atoms with Crippen molar-refractivity contribution in [2.75, 3.05) is 44.3 Å². The standard InChI is InChI=1S/C23H23ClF2N8O2/c1-23(13-35-14-23)32-4-2-31(3-5-32)20-7-19-15(6-18(20)24)8-30-34(19)16-9-29-33(12-16)22-27-10-17(11-28-22)36-21(25)26/h6-12,21H,2-5,13-14H2,1H3. The Morgan fingerprint density at radius 3 is 2.44 bits per heavy atom. The molecular formula is C23H23ClF2N8O2. The lowest BCUT2D eigenvalue weighted by atomic mass is 9.97. The highest BCUT2D eigenvalue weighted by atomic mass is 35.5. The third-order valence-electron chi connectivity index (χ3n) is 6.70. The molecule has 1 aromatic carbocycles. The van der Waals surface area contributed by atoms with E-state index in [1.54, 1.807) is 23.3 Å². The summed E-state index contributed by atoms with van der Waals surface area (Å²) in [7, 11) is 0. The fourth-order valence-electron chi connectivity index (χ4n) is 4.67. The third-order valence-corrected chi connectivity index (χ3v) is 7.01. The van der Waals surface area contributed by atoms with E-state index in [4.69, 9.17) is 16.3 Å². The van der Waals surface area contributed by atoms with Crippen molar-refractivity contribution in [3.8, 4) is 17.4 Å². The fraction of sp³-hybridized carbons (Fsp3) is 0.391. The first-order valence-corrected chi connectivity index (χ1v) is 11.8. The first-order chi connectivity index (χ1) is 17.4. The molecule has 2 saturated heterocycles. The predicted octanol–water partition coefficient (Wildman–Crippen LogP) is 3.17. The number of hydrogen-bond donors (Lipinski definition) is 0. The van der Waals surface area contributed by atoms with E-state index in [0.29, 0.717) is 10.7 Å². The number of benzene rings is 1. The number of nitrogens with zero attached hydrogens (tertiary/aromatic N) is 8. The lowest BCUT2D eigenvalue weighted by Crippen LogP contribution is -2.64. The van der Waals surface area contributed by atoms with Gasteiger partial charge in [0.1, 0.15) is 5.69 Å². The molecule has 36 heavy (non-hydrogen) atoms. The molecule has 0 atom stereocenters. The fourth-order valence-corrected chi connectivity index (χ4v) is 4.97. The third kappa shape index (κ3) is 4.14. The zero-order valence-electron chi connectivity index (χ0n) is 19.4. The van der Waals surface area contributed by atoms with Gasteiger partial charge in [0, 0.05) is 31.6 Å². The van der Waals surface area contributed by atoms with Crippen molar-refractivity contribution >= 4 is 28.2 Å². The molecule has 0 radical (unpaired) electrons. The Balaban J connectivity index is 1.24. The summed E-state index contributed by atoms with van der Waals surface area (Å²) in [5.41, 5.74) is 2.68. The van der Waals surface area contributed by atoms with Crippen molar-refractivity contribution < 1.29 is 18.3 Å². The zero-order valence-corrected chi connectivity index (χ0v) is 20.1. The smallest absolute Gasteiger partial charge is 0.387 e. The molecule has 5 heterocycles. The van der Waals surface area contributed by atoms with Crippen LogP contribution in [0.2, 0.25) is 5.02 Å². The molecular weight excluding hydrogens is 494 g/mol. The maximum absolute atomic E-state index is 12.4. The van der Waals surface area contributed by atoms with Crippen LogP contribution in [-0.4, -0.2) is 86.0 Å². The Hall–Kier alpha value is -3.35. The molecule has 13 heteroatoms. The minimum atomic E-state index is -2.94. The Bertz CT molecular complexity index is 1380. The van der Waals surface area contributed by atoms with Gasteiger partial charge in [-0.2, -0.15) is 19.0 Å². The average Bonchev–Trinajstić information content (AvgIpc) is 3.49. The number of hydrogen-bond acceptors (Lipinski definition) is 8. The summed E-state index contributed by atoms with van der Waals surface area (Å²) in [5.74, 6) is 0.0889. The first kappa shape index (κ1) is 23.1. The lowest BCUT2D eigenvalue weighted by Gasteiger charge is -2.50. The molecule has 0 saturated carbocycles. The van der Waals surface area contributed by atoms with Crippen LogP contribution in [-0.2, 0) is 4.74 Å². The predicted molar refractivity (Wildman–Crippen MR) is 128 cm³/mol. The topological polar surface area (TPSA) is 86.4 Å². The van der Waals surface area contributed by atoms with E-state index in [0.717, 1.165) is 56.0 Å². The van der Waals surface area contributed by atoms with Gasteiger partial charge in [-0.25, -0.2) is 19.3 Å².